The summed E-state index contributed by atoms with van der Waals surface area (Å²) < 4.78 is 0. The van der Waals surface area contributed by atoms with Crippen LogP contribution >= 0.6 is 11.6 Å². The number of aryl methyl sites for hydroxylation is 1. The Morgan fingerprint density at radius 3 is 2.42 bits per heavy atom. The van der Waals surface area contributed by atoms with Crippen molar-refractivity contribution in [3.8, 4) is 11.4 Å². The second-order valence-corrected chi connectivity index (χ2v) is 7.57. The maximum Gasteiger partial charge on any atom is 0.225 e. The molecule has 3 rings (SSSR count). The van der Waals surface area contributed by atoms with Crippen molar-refractivity contribution in [2.75, 3.05) is 10.6 Å². The van der Waals surface area contributed by atoms with Gasteiger partial charge < -0.3 is 10.6 Å². The molecular weight excluding hydrogens is 346 g/mol. The highest BCUT2D eigenvalue weighted by molar-refractivity contribution is 6.33. The van der Waals surface area contributed by atoms with Crippen molar-refractivity contribution >= 4 is 29.1 Å². The molecule has 0 saturated heterocycles. The Bertz CT molecular complexity index is 904. The molecule has 5 nitrogen and oxygen atoms in total. The Kier molecular flexibility index (Phi) is 5.09. The molecule has 0 aliphatic rings. The van der Waals surface area contributed by atoms with Crippen LogP contribution in [0.4, 0.5) is 17.5 Å². The van der Waals surface area contributed by atoms with E-state index in [4.69, 9.17) is 11.6 Å². The van der Waals surface area contributed by atoms with Crippen LogP contribution in [-0.2, 0) is 0 Å². The number of anilines is 3. The maximum atomic E-state index is 6.35. The Morgan fingerprint density at radius 2 is 1.77 bits per heavy atom. The summed E-state index contributed by atoms with van der Waals surface area (Å²) in [5.74, 6) is 1.18. The molecule has 1 aromatic carbocycles. The molecule has 0 unspecified atom stereocenters. The summed E-state index contributed by atoms with van der Waals surface area (Å²) in [4.78, 5) is 13.6. The highest BCUT2D eigenvalue weighted by Crippen LogP contribution is 2.28. The van der Waals surface area contributed by atoms with Crippen LogP contribution in [0.2, 0.25) is 5.02 Å². The minimum atomic E-state index is -0.165. The van der Waals surface area contributed by atoms with Gasteiger partial charge in [0.05, 0.1) is 22.1 Å². The number of hydrogen-bond acceptors (Lipinski definition) is 5. The van der Waals surface area contributed by atoms with Gasteiger partial charge >= 0.3 is 0 Å². The standard InChI is InChI=1S/C20H22ClN5/c1-13-8-9-15(14(21)11-13)23-18-12-17(16-7-5-6-10-22-16)24-19(25-18)26-20(2,3)4/h5-12H,1-4H3,(H2,23,24,25,26). The average molecular weight is 368 g/mol. The van der Waals surface area contributed by atoms with Gasteiger partial charge in [-0.25, -0.2) is 4.98 Å². The third kappa shape index (κ3) is 4.70. The molecule has 134 valence electrons. The third-order valence-corrected chi connectivity index (χ3v) is 3.84. The quantitative estimate of drug-likeness (QED) is 0.641. The number of benzene rings is 1. The highest BCUT2D eigenvalue weighted by Gasteiger charge is 2.14. The summed E-state index contributed by atoms with van der Waals surface area (Å²) in [7, 11) is 0. The number of nitrogens with zero attached hydrogens (tertiary/aromatic N) is 3. The van der Waals surface area contributed by atoms with Crippen molar-refractivity contribution in [1.29, 1.82) is 0 Å². The minimum absolute atomic E-state index is 0.165. The lowest BCUT2D eigenvalue weighted by Gasteiger charge is -2.21. The van der Waals surface area contributed by atoms with E-state index in [-0.39, 0.29) is 5.54 Å². The number of nitrogens with one attached hydrogen (secondary N) is 2. The lowest BCUT2D eigenvalue weighted by Crippen LogP contribution is -2.27. The van der Waals surface area contributed by atoms with Crippen LogP contribution in [0.15, 0.2) is 48.7 Å². The van der Waals surface area contributed by atoms with E-state index in [0.717, 1.165) is 22.6 Å². The van der Waals surface area contributed by atoms with Gasteiger partial charge in [0.15, 0.2) is 0 Å². The van der Waals surface area contributed by atoms with Crippen LogP contribution in [0.1, 0.15) is 26.3 Å². The number of pyridine rings is 1. The van der Waals surface area contributed by atoms with Crippen LogP contribution in [0.25, 0.3) is 11.4 Å². The second-order valence-electron chi connectivity index (χ2n) is 7.16. The molecule has 2 aromatic heterocycles. The summed E-state index contributed by atoms with van der Waals surface area (Å²) in [6, 6.07) is 13.5. The molecule has 0 amide bonds. The van der Waals surface area contributed by atoms with Gasteiger partial charge in [0.25, 0.3) is 0 Å². The van der Waals surface area contributed by atoms with Crippen molar-refractivity contribution in [3.63, 3.8) is 0 Å². The molecule has 3 aromatic rings. The van der Waals surface area contributed by atoms with Crippen molar-refractivity contribution in [2.24, 2.45) is 0 Å². The summed E-state index contributed by atoms with van der Waals surface area (Å²) in [5, 5.41) is 7.25. The number of aromatic nitrogens is 3. The van der Waals surface area contributed by atoms with Crippen molar-refractivity contribution < 1.29 is 0 Å². The smallest absolute Gasteiger partial charge is 0.225 e. The summed E-state index contributed by atoms with van der Waals surface area (Å²) in [6.07, 6.45) is 1.75. The van der Waals surface area contributed by atoms with E-state index in [2.05, 4.69) is 46.4 Å². The van der Waals surface area contributed by atoms with Crippen LogP contribution in [0.3, 0.4) is 0 Å². The normalized spacial score (nSPS) is 11.3. The van der Waals surface area contributed by atoms with Gasteiger partial charge in [0.1, 0.15) is 5.82 Å². The molecule has 0 saturated carbocycles. The highest BCUT2D eigenvalue weighted by atomic mass is 35.5. The molecule has 26 heavy (non-hydrogen) atoms. The van der Waals surface area contributed by atoms with Crippen molar-refractivity contribution in [1.82, 2.24) is 15.0 Å². The van der Waals surface area contributed by atoms with E-state index in [1.54, 1.807) is 6.20 Å². The van der Waals surface area contributed by atoms with Gasteiger partial charge in [0, 0.05) is 17.8 Å². The zero-order valence-electron chi connectivity index (χ0n) is 15.3. The number of hydrogen-bond donors (Lipinski definition) is 2. The molecule has 0 radical (unpaired) electrons. The van der Waals surface area contributed by atoms with E-state index in [1.807, 2.05) is 49.4 Å². The zero-order valence-corrected chi connectivity index (χ0v) is 16.1. The molecule has 2 heterocycles. The first-order valence-electron chi connectivity index (χ1n) is 8.42. The fraction of sp³-hybridized carbons (Fsp3) is 0.250. The van der Waals surface area contributed by atoms with Crippen LogP contribution in [0, 0.1) is 6.92 Å². The van der Waals surface area contributed by atoms with Gasteiger partial charge in [-0.2, -0.15) is 4.98 Å². The molecular formula is C20H22ClN5. The van der Waals surface area contributed by atoms with Crippen molar-refractivity contribution in [2.45, 2.75) is 33.2 Å². The van der Waals surface area contributed by atoms with E-state index >= 15 is 0 Å². The fourth-order valence-electron chi connectivity index (χ4n) is 2.41. The predicted octanol–water partition coefficient (Wildman–Crippen LogP) is 5.45. The van der Waals surface area contributed by atoms with E-state index in [0.29, 0.717) is 16.8 Å². The van der Waals surface area contributed by atoms with E-state index < -0.39 is 0 Å². The van der Waals surface area contributed by atoms with E-state index in [1.165, 1.54) is 0 Å². The average Bonchev–Trinajstić information content (AvgIpc) is 2.56. The van der Waals surface area contributed by atoms with Gasteiger partial charge in [-0.3, -0.25) is 4.98 Å². The third-order valence-electron chi connectivity index (χ3n) is 3.53. The molecule has 0 aliphatic carbocycles. The van der Waals surface area contributed by atoms with Crippen LogP contribution in [0.5, 0.6) is 0 Å². The first-order valence-corrected chi connectivity index (χ1v) is 8.80. The van der Waals surface area contributed by atoms with Gasteiger partial charge in [0.2, 0.25) is 5.95 Å². The molecule has 0 spiro atoms. The van der Waals surface area contributed by atoms with Crippen molar-refractivity contribution in [3.05, 3.63) is 59.2 Å². The largest absolute Gasteiger partial charge is 0.350 e. The summed E-state index contributed by atoms with van der Waals surface area (Å²) in [6.45, 7) is 8.19. The number of rotatable bonds is 4. The molecule has 0 atom stereocenters. The SMILES string of the molecule is Cc1ccc(Nc2cc(-c3ccccn3)nc(NC(C)(C)C)n2)c(Cl)c1. The van der Waals surface area contributed by atoms with Crippen LogP contribution in [-0.4, -0.2) is 20.5 Å². The zero-order chi connectivity index (χ0) is 18.7. The maximum absolute atomic E-state index is 6.35. The Hall–Kier alpha value is -2.66. The Morgan fingerprint density at radius 1 is 0.962 bits per heavy atom. The summed E-state index contributed by atoms with van der Waals surface area (Å²) >= 11 is 6.35. The molecule has 0 bridgehead atoms. The molecule has 0 aliphatic heterocycles. The topological polar surface area (TPSA) is 62.7 Å². The summed E-state index contributed by atoms with van der Waals surface area (Å²) in [5.41, 5.74) is 3.25. The first-order chi connectivity index (χ1) is 12.3. The molecule has 6 heteroatoms. The molecule has 2 N–H and O–H groups in total. The number of halogens is 1. The predicted molar refractivity (Wildman–Crippen MR) is 108 cm³/mol. The van der Waals surface area contributed by atoms with Crippen LogP contribution < -0.4 is 10.6 Å². The monoisotopic (exact) mass is 367 g/mol. The Balaban J connectivity index is 2.01. The molecule has 0 fully saturated rings. The van der Waals surface area contributed by atoms with E-state index in [9.17, 15) is 0 Å². The lowest BCUT2D eigenvalue weighted by atomic mass is 10.1. The van der Waals surface area contributed by atoms with Gasteiger partial charge in [-0.1, -0.05) is 23.7 Å². The fourth-order valence-corrected chi connectivity index (χ4v) is 2.69. The first kappa shape index (κ1) is 18.1. The van der Waals surface area contributed by atoms with Gasteiger partial charge in [-0.15, -0.1) is 0 Å². The van der Waals surface area contributed by atoms with Gasteiger partial charge in [-0.05, 0) is 57.5 Å². The Labute approximate surface area is 158 Å². The minimum Gasteiger partial charge on any atom is -0.350 e. The lowest BCUT2D eigenvalue weighted by molar-refractivity contribution is 0.626. The second kappa shape index (κ2) is 7.30.